The van der Waals surface area contributed by atoms with Crippen LogP contribution >= 0.6 is 15.9 Å². The number of rotatable bonds is 3. The highest BCUT2D eigenvalue weighted by Crippen LogP contribution is 2.15. The van der Waals surface area contributed by atoms with Crippen molar-refractivity contribution in [3.8, 4) is 0 Å². The van der Waals surface area contributed by atoms with E-state index in [0.717, 1.165) is 48.4 Å². The first-order valence-corrected chi connectivity index (χ1v) is 8.53. The maximum Gasteiger partial charge on any atom is 0.253 e. The average Bonchev–Trinajstić information content (AvgIpc) is 2.56. The first kappa shape index (κ1) is 16.0. The van der Waals surface area contributed by atoms with E-state index in [1.165, 1.54) is 5.56 Å². The second kappa shape index (κ2) is 7.15. The van der Waals surface area contributed by atoms with E-state index < -0.39 is 0 Å². The van der Waals surface area contributed by atoms with Gasteiger partial charge < -0.3 is 10.6 Å². The maximum absolute atomic E-state index is 12.5. The molecule has 4 nitrogen and oxygen atoms in total. The number of hydrogen-bond donors (Lipinski definition) is 1. The van der Waals surface area contributed by atoms with Crippen LogP contribution in [0, 0.1) is 0 Å². The van der Waals surface area contributed by atoms with Gasteiger partial charge in [-0.15, -0.1) is 0 Å². The van der Waals surface area contributed by atoms with Crippen molar-refractivity contribution in [1.82, 2.24) is 9.80 Å². The van der Waals surface area contributed by atoms with Gasteiger partial charge in [0.05, 0.1) is 0 Å². The van der Waals surface area contributed by atoms with E-state index in [4.69, 9.17) is 5.73 Å². The molecule has 120 valence electrons. The van der Waals surface area contributed by atoms with Gasteiger partial charge >= 0.3 is 0 Å². The zero-order valence-corrected chi connectivity index (χ0v) is 14.5. The summed E-state index contributed by atoms with van der Waals surface area (Å²) in [5, 5.41) is 0. The number of carbonyl (C=O) groups excluding carboxylic acids is 1. The molecule has 1 aliphatic rings. The van der Waals surface area contributed by atoms with Crippen LogP contribution in [-0.4, -0.2) is 41.9 Å². The molecule has 2 aromatic carbocycles. The van der Waals surface area contributed by atoms with Gasteiger partial charge in [0.25, 0.3) is 5.91 Å². The van der Waals surface area contributed by atoms with Gasteiger partial charge in [-0.25, -0.2) is 0 Å². The van der Waals surface area contributed by atoms with Gasteiger partial charge in [0.1, 0.15) is 0 Å². The summed E-state index contributed by atoms with van der Waals surface area (Å²) in [6.07, 6.45) is 0. The molecule has 0 bridgehead atoms. The third-order valence-corrected chi connectivity index (χ3v) is 4.64. The molecule has 1 fully saturated rings. The first-order valence-electron chi connectivity index (χ1n) is 7.73. The van der Waals surface area contributed by atoms with Gasteiger partial charge in [-0.3, -0.25) is 9.69 Å². The predicted molar refractivity (Wildman–Crippen MR) is 96.2 cm³/mol. The molecule has 0 unspecified atom stereocenters. The Hall–Kier alpha value is -1.85. The highest BCUT2D eigenvalue weighted by atomic mass is 79.9. The minimum Gasteiger partial charge on any atom is -0.399 e. The van der Waals surface area contributed by atoms with Crippen molar-refractivity contribution in [2.75, 3.05) is 31.9 Å². The van der Waals surface area contributed by atoms with Crippen molar-refractivity contribution in [2.45, 2.75) is 6.54 Å². The Morgan fingerprint density at radius 3 is 2.39 bits per heavy atom. The van der Waals surface area contributed by atoms with Gasteiger partial charge in [0.15, 0.2) is 0 Å². The lowest BCUT2D eigenvalue weighted by Gasteiger charge is -2.34. The Kier molecular flexibility index (Phi) is 4.98. The first-order chi connectivity index (χ1) is 11.1. The van der Waals surface area contributed by atoms with Crippen LogP contribution in [0.5, 0.6) is 0 Å². The largest absolute Gasteiger partial charge is 0.399 e. The molecule has 5 heteroatoms. The summed E-state index contributed by atoms with van der Waals surface area (Å²) in [5.74, 6) is 0.112. The number of amides is 1. The molecule has 2 aromatic rings. The highest BCUT2D eigenvalue weighted by molar-refractivity contribution is 9.10. The molecule has 0 saturated carbocycles. The van der Waals surface area contributed by atoms with E-state index in [-0.39, 0.29) is 5.91 Å². The lowest BCUT2D eigenvalue weighted by Crippen LogP contribution is -2.48. The van der Waals surface area contributed by atoms with E-state index in [0.29, 0.717) is 0 Å². The van der Waals surface area contributed by atoms with E-state index >= 15 is 0 Å². The minimum absolute atomic E-state index is 0.112. The fourth-order valence-electron chi connectivity index (χ4n) is 2.83. The molecule has 2 N–H and O–H groups in total. The molecule has 1 aliphatic heterocycles. The molecule has 1 amide bonds. The Balaban J connectivity index is 1.55. The molecule has 0 radical (unpaired) electrons. The number of nitrogens with zero attached hydrogens (tertiary/aromatic N) is 2. The lowest BCUT2D eigenvalue weighted by molar-refractivity contribution is 0.0628. The standard InChI is InChI=1S/C18H20BrN3O/c19-16-6-4-15(5-7-16)18(23)22-10-8-21(9-11-22)13-14-2-1-3-17(20)12-14/h1-7,12H,8-11,13,20H2. The van der Waals surface area contributed by atoms with Gasteiger partial charge in [-0.05, 0) is 42.0 Å². The van der Waals surface area contributed by atoms with Crippen LogP contribution in [0.4, 0.5) is 5.69 Å². The van der Waals surface area contributed by atoms with E-state index in [1.807, 2.05) is 47.4 Å². The molecule has 1 heterocycles. The fourth-order valence-corrected chi connectivity index (χ4v) is 3.10. The van der Waals surface area contributed by atoms with Crippen molar-refractivity contribution >= 4 is 27.5 Å². The van der Waals surface area contributed by atoms with E-state index in [1.54, 1.807) is 0 Å². The van der Waals surface area contributed by atoms with Crippen LogP contribution < -0.4 is 5.73 Å². The summed E-state index contributed by atoms with van der Waals surface area (Å²) in [7, 11) is 0. The third kappa shape index (κ3) is 4.12. The third-order valence-electron chi connectivity index (χ3n) is 4.11. The smallest absolute Gasteiger partial charge is 0.253 e. The zero-order valence-electron chi connectivity index (χ0n) is 12.9. The second-order valence-electron chi connectivity index (χ2n) is 5.82. The number of piperazine rings is 1. The van der Waals surface area contributed by atoms with Gasteiger partial charge in [0.2, 0.25) is 0 Å². The molecular weight excluding hydrogens is 354 g/mol. The van der Waals surface area contributed by atoms with Gasteiger partial charge in [-0.2, -0.15) is 0 Å². The monoisotopic (exact) mass is 373 g/mol. The Morgan fingerprint density at radius 1 is 1.04 bits per heavy atom. The molecule has 0 aliphatic carbocycles. The van der Waals surface area contributed by atoms with Crippen LogP contribution in [0.15, 0.2) is 53.0 Å². The molecular formula is C18H20BrN3O. The SMILES string of the molecule is Nc1cccc(CN2CCN(C(=O)c3ccc(Br)cc3)CC2)c1. The number of nitrogen functional groups attached to an aromatic ring is 1. The quantitative estimate of drug-likeness (QED) is 0.841. The topological polar surface area (TPSA) is 49.6 Å². The highest BCUT2D eigenvalue weighted by Gasteiger charge is 2.22. The Morgan fingerprint density at radius 2 is 1.74 bits per heavy atom. The average molecular weight is 374 g/mol. The molecule has 23 heavy (non-hydrogen) atoms. The number of hydrogen-bond acceptors (Lipinski definition) is 3. The minimum atomic E-state index is 0.112. The van der Waals surface area contributed by atoms with Crippen LogP contribution in [0.3, 0.4) is 0 Å². The summed E-state index contributed by atoms with van der Waals surface area (Å²) in [6, 6.07) is 15.5. The van der Waals surface area contributed by atoms with Crippen LogP contribution in [-0.2, 0) is 6.54 Å². The molecule has 0 spiro atoms. The van der Waals surface area contributed by atoms with Gasteiger partial charge in [-0.1, -0.05) is 28.1 Å². The summed E-state index contributed by atoms with van der Waals surface area (Å²) >= 11 is 3.39. The van der Waals surface area contributed by atoms with Crippen molar-refractivity contribution in [1.29, 1.82) is 0 Å². The van der Waals surface area contributed by atoms with E-state index in [2.05, 4.69) is 26.9 Å². The predicted octanol–water partition coefficient (Wildman–Crippen LogP) is 2.99. The summed E-state index contributed by atoms with van der Waals surface area (Å²) < 4.78 is 0.987. The van der Waals surface area contributed by atoms with E-state index in [9.17, 15) is 4.79 Å². The maximum atomic E-state index is 12.5. The fraction of sp³-hybridized carbons (Fsp3) is 0.278. The molecule has 1 saturated heterocycles. The molecule has 3 rings (SSSR count). The summed E-state index contributed by atoms with van der Waals surface area (Å²) in [5.41, 5.74) is 8.59. The van der Waals surface area contributed by atoms with Crippen LogP contribution in [0.2, 0.25) is 0 Å². The second-order valence-corrected chi connectivity index (χ2v) is 6.74. The van der Waals surface area contributed by atoms with Crippen molar-refractivity contribution < 1.29 is 4.79 Å². The van der Waals surface area contributed by atoms with Crippen molar-refractivity contribution in [2.24, 2.45) is 0 Å². The van der Waals surface area contributed by atoms with Crippen LogP contribution in [0.25, 0.3) is 0 Å². The number of nitrogens with two attached hydrogens (primary N) is 1. The zero-order chi connectivity index (χ0) is 16.2. The lowest BCUT2D eigenvalue weighted by atomic mass is 10.1. The summed E-state index contributed by atoms with van der Waals surface area (Å²) in [4.78, 5) is 16.8. The number of halogens is 1. The normalized spacial score (nSPS) is 15.6. The number of anilines is 1. The number of carbonyl (C=O) groups is 1. The van der Waals surface area contributed by atoms with Crippen LogP contribution in [0.1, 0.15) is 15.9 Å². The summed E-state index contributed by atoms with van der Waals surface area (Å²) in [6.45, 7) is 4.17. The number of benzene rings is 2. The Labute approximate surface area is 145 Å². The molecule has 0 atom stereocenters. The van der Waals surface area contributed by atoms with Gasteiger partial charge in [0, 0.05) is 48.4 Å². The van der Waals surface area contributed by atoms with Crippen molar-refractivity contribution in [3.05, 3.63) is 64.1 Å². The van der Waals surface area contributed by atoms with Crippen molar-refractivity contribution in [3.63, 3.8) is 0 Å². The molecule has 0 aromatic heterocycles. The Bertz CT molecular complexity index is 679.